The van der Waals surface area contributed by atoms with Crippen LogP contribution in [0.4, 0.5) is 10.1 Å². The van der Waals surface area contributed by atoms with E-state index in [0.717, 1.165) is 11.3 Å². The Morgan fingerprint density at radius 3 is 2.46 bits per heavy atom. The van der Waals surface area contributed by atoms with Crippen molar-refractivity contribution in [2.45, 2.75) is 38.4 Å². The molecule has 1 aliphatic rings. The average molecular weight is 395 g/mol. The zero-order valence-corrected chi connectivity index (χ0v) is 16.9. The minimum absolute atomic E-state index is 0.0475. The minimum atomic E-state index is -0.298. The van der Waals surface area contributed by atoms with Crippen molar-refractivity contribution in [2.75, 3.05) is 4.90 Å². The molecule has 3 aromatic rings. The summed E-state index contributed by atoms with van der Waals surface area (Å²) in [4.78, 5) is 6.40. The topological polar surface area (TPSA) is 33.1 Å². The molecule has 0 bridgehead atoms. The third-order valence-electron chi connectivity index (χ3n) is 5.04. The van der Waals surface area contributed by atoms with Gasteiger partial charge in [0.15, 0.2) is 5.11 Å². The highest BCUT2D eigenvalue weighted by Crippen LogP contribution is 2.42. The van der Waals surface area contributed by atoms with Crippen molar-refractivity contribution in [1.82, 2.24) is 14.9 Å². The Kier molecular flexibility index (Phi) is 4.67. The maximum absolute atomic E-state index is 14.7. The third-order valence-corrected chi connectivity index (χ3v) is 5.36. The van der Waals surface area contributed by atoms with Gasteiger partial charge in [-0.25, -0.2) is 4.39 Å². The lowest BCUT2D eigenvalue weighted by Gasteiger charge is -2.28. The Bertz CT molecular complexity index is 993. The number of benzene rings is 1. The summed E-state index contributed by atoms with van der Waals surface area (Å²) in [5.41, 5.74) is 2.35. The van der Waals surface area contributed by atoms with Crippen LogP contribution in [0.25, 0.3) is 0 Å². The average Bonchev–Trinajstić information content (AvgIpc) is 3.27. The molecule has 6 heteroatoms. The van der Waals surface area contributed by atoms with Gasteiger partial charge in [0.05, 0.1) is 23.5 Å². The molecule has 3 heterocycles. The van der Waals surface area contributed by atoms with E-state index >= 15 is 0 Å². The van der Waals surface area contributed by atoms with Crippen molar-refractivity contribution in [3.8, 4) is 0 Å². The maximum Gasteiger partial charge on any atom is 0.174 e. The van der Waals surface area contributed by atoms with Crippen molar-refractivity contribution in [3.05, 3.63) is 84.2 Å². The Labute approximate surface area is 170 Å². The van der Waals surface area contributed by atoms with E-state index in [4.69, 9.17) is 12.2 Å². The molecule has 1 N–H and O–H groups in total. The first-order valence-corrected chi connectivity index (χ1v) is 9.70. The summed E-state index contributed by atoms with van der Waals surface area (Å²) >= 11 is 5.63. The van der Waals surface area contributed by atoms with Crippen molar-refractivity contribution < 1.29 is 4.39 Å². The molecule has 0 unspecified atom stereocenters. The van der Waals surface area contributed by atoms with Crippen molar-refractivity contribution >= 4 is 23.0 Å². The lowest BCUT2D eigenvalue weighted by atomic mass is 9.98. The highest BCUT2D eigenvalue weighted by Gasteiger charge is 2.42. The number of thiocarbonyl (C=S) groups is 1. The summed E-state index contributed by atoms with van der Waals surface area (Å²) in [6, 6.07) is 14.2. The molecule has 0 saturated carbocycles. The molecule has 0 radical (unpaired) electrons. The predicted octanol–water partition coefficient (Wildman–Crippen LogP) is 4.95. The summed E-state index contributed by atoms with van der Waals surface area (Å²) in [6.45, 7) is 6.46. The molecule has 2 atom stereocenters. The number of nitrogens with zero attached hydrogens (tertiary/aromatic N) is 3. The van der Waals surface area contributed by atoms with Crippen LogP contribution in [0.3, 0.4) is 0 Å². The van der Waals surface area contributed by atoms with Crippen LogP contribution >= 0.6 is 12.2 Å². The number of aromatic nitrogens is 2. The molecule has 4 rings (SSSR count). The van der Waals surface area contributed by atoms with E-state index in [1.807, 2.05) is 29.2 Å². The predicted molar refractivity (Wildman–Crippen MR) is 114 cm³/mol. The first kappa shape index (κ1) is 18.6. The molecule has 1 aromatic carbocycles. The summed E-state index contributed by atoms with van der Waals surface area (Å²) in [5.74, 6) is -0.298. The highest BCUT2D eigenvalue weighted by atomic mass is 32.1. The van der Waals surface area contributed by atoms with Gasteiger partial charge in [-0.3, -0.25) is 4.98 Å². The number of hydrogen-bond acceptors (Lipinski definition) is 2. The van der Waals surface area contributed by atoms with E-state index in [9.17, 15) is 4.39 Å². The zero-order chi connectivity index (χ0) is 19.9. The van der Waals surface area contributed by atoms with Gasteiger partial charge in [0.1, 0.15) is 5.82 Å². The quantitative estimate of drug-likeness (QED) is 0.637. The van der Waals surface area contributed by atoms with Gasteiger partial charge in [-0.2, -0.15) is 0 Å². The van der Waals surface area contributed by atoms with Gasteiger partial charge in [0.25, 0.3) is 0 Å². The molecule has 4 nitrogen and oxygen atoms in total. The van der Waals surface area contributed by atoms with E-state index in [2.05, 4.69) is 54.1 Å². The normalized spacial score (nSPS) is 19.7. The maximum atomic E-state index is 14.7. The van der Waals surface area contributed by atoms with Crippen LogP contribution in [-0.4, -0.2) is 14.7 Å². The van der Waals surface area contributed by atoms with E-state index in [0.29, 0.717) is 10.8 Å². The lowest BCUT2D eigenvalue weighted by molar-refractivity contribution is 0.397. The molecule has 0 spiro atoms. The van der Waals surface area contributed by atoms with Gasteiger partial charge >= 0.3 is 0 Å². The molecular weight excluding hydrogens is 371 g/mol. The van der Waals surface area contributed by atoms with Gasteiger partial charge in [-0.1, -0.05) is 18.2 Å². The second kappa shape index (κ2) is 7.02. The fourth-order valence-electron chi connectivity index (χ4n) is 3.61. The fourth-order valence-corrected chi connectivity index (χ4v) is 3.94. The standard InChI is InChI=1S/C22H23FN4S/c1-22(2,3)26-13-11-15(14-26)20-19(17-9-6-7-12-24-17)25-21(28)27(20)18-10-5-4-8-16(18)23/h4-14,19-20H,1-3H3,(H,25,28)/t19-,20+/m0/s1. The SMILES string of the molecule is CC(C)(C)n1ccc([C@@H]2[C@H](c3ccccn3)NC(=S)N2c2ccccc2F)c1. The van der Waals surface area contributed by atoms with Crippen molar-refractivity contribution in [3.63, 3.8) is 0 Å². The molecule has 28 heavy (non-hydrogen) atoms. The first-order chi connectivity index (χ1) is 13.4. The van der Waals surface area contributed by atoms with E-state index in [-0.39, 0.29) is 23.4 Å². The zero-order valence-electron chi connectivity index (χ0n) is 16.1. The van der Waals surface area contributed by atoms with Gasteiger partial charge in [0.2, 0.25) is 0 Å². The van der Waals surface area contributed by atoms with Crippen LogP contribution in [0.2, 0.25) is 0 Å². The molecule has 2 aromatic heterocycles. The molecule has 1 fully saturated rings. The Balaban J connectivity index is 1.84. The summed E-state index contributed by atoms with van der Waals surface area (Å²) < 4.78 is 16.8. The molecule has 144 valence electrons. The number of pyridine rings is 1. The van der Waals surface area contributed by atoms with Crippen LogP contribution < -0.4 is 10.2 Å². The summed E-state index contributed by atoms with van der Waals surface area (Å²) in [5, 5.41) is 3.86. The van der Waals surface area contributed by atoms with Gasteiger partial charge in [0, 0.05) is 24.1 Å². The molecule has 1 saturated heterocycles. The summed E-state index contributed by atoms with van der Waals surface area (Å²) in [7, 11) is 0. The second-order valence-electron chi connectivity index (χ2n) is 7.97. The first-order valence-electron chi connectivity index (χ1n) is 9.30. The van der Waals surface area contributed by atoms with E-state index in [1.165, 1.54) is 6.07 Å². The van der Waals surface area contributed by atoms with Crippen LogP contribution in [0.5, 0.6) is 0 Å². The number of halogens is 1. The van der Waals surface area contributed by atoms with E-state index < -0.39 is 0 Å². The smallest absolute Gasteiger partial charge is 0.174 e. The molecule has 0 aliphatic carbocycles. The van der Waals surface area contributed by atoms with Crippen molar-refractivity contribution in [2.24, 2.45) is 0 Å². The number of rotatable bonds is 3. The monoisotopic (exact) mass is 394 g/mol. The number of anilines is 1. The van der Waals surface area contributed by atoms with Crippen molar-refractivity contribution in [1.29, 1.82) is 0 Å². The Morgan fingerprint density at radius 2 is 1.82 bits per heavy atom. The van der Waals surface area contributed by atoms with Gasteiger partial charge in [-0.05, 0) is 68.9 Å². The third kappa shape index (κ3) is 3.29. The number of nitrogens with one attached hydrogen (secondary N) is 1. The minimum Gasteiger partial charge on any atom is -0.351 e. The molecule has 0 amide bonds. The second-order valence-corrected chi connectivity index (χ2v) is 8.36. The largest absolute Gasteiger partial charge is 0.351 e. The Hall–Kier alpha value is -2.73. The Morgan fingerprint density at radius 1 is 1.07 bits per heavy atom. The van der Waals surface area contributed by atoms with Gasteiger partial charge in [-0.15, -0.1) is 0 Å². The van der Waals surface area contributed by atoms with Crippen LogP contribution in [0.15, 0.2) is 67.1 Å². The van der Waals surface area contributed by atoms with Gasteiger partial charge < -0.3 is 14.8 Å². The number of hydrogen-bond donors (Lipinski definition) is 1. The molecular formula is C22H23FN4S. The molecule has 1 aliphatic heterocycles. The number of para-hydroxylation sites is 1. The van der Waals surface area contributed by atoms with Crippen LogP contribution in [-0.2, 0) is 5.54 Å². The van der Waals surface area contributed by atoms with Crippen LogP contribution in [0, 0.1) is 5.82 Å². The van der Waals surface area contributed by atoms with Crippen LogP contribution in [0.1, 0.15) is 44.1 Å². The lowest BCUT2D eigenvalue weighted by Crippen LogP contribution is -2.30. The highest BCUT2D eigenvalue weighted by molar-refractivity contribution is 7.80. The van der Waals surface area contributed by atoms with E-state index in [1.54, 1.807) is 18.3 Å². The fraction of sp³-hybridized carbons (Fsp3) is 0.273. The summed E-state index contributed by atoms with van der Waals surface area (Å²) in [6.07, 6.45) is 5.94.